The number of likely N-dealkylation sites (N-methyl/N-ethyl adjacent to an activating group) is 1. The Labute approximate surface area is 144 Å². The van der Waals surface area contributed by atoms with Crippen LogP contribution in [0.1, 0.15) is 10.4 Å². The first-order chi connectivity index (χ1) is 11.4. The number of hydrogen-bond acceptors (Lipinski definition) is 3. The molecule has 0 aliphatic carbocycles. The lowest BCUT2D eigenvalue weighted by atomic mass is 10.2. The maximum Gasteiger partial charge on any atom is 0.259 e. The van der Waals surface area contributed by atoms with Crippen molar-refractivity contribution in [3.63, 3.8) is 0 Å². The van der Waals surface area contributed by atoms with Crippen LogP contribution in [0.5, 0.6) is 5.75 Å². The second-order valence-corrected chi connectivity index (χ2v) is 5.59. The lowest BCUT2D eigenvalue weighted by Gasteiger charge is -2.12. The minimum Gasteiger partial charge on any atom is -0.484 e. The molecule has 0 fully saturated rings. The third-order valence-corrected chi connectivity index (χ3v) is 3.44. The molecule has 0 saturated heterocycles. The summed E-state index contributed by atoms with van der Waals surface area (Å²) in [5, 5.41) is 2.55. The van der Waals surface area contributed by atoms with Crippen LogP contribution in [0.3, 0.4) is 0 Å². The first-order valence-electron chi connectivity index (χ1n) is 7.06. The summed E-state index contributed by atoms with van der Waals surface area (Å²) in [6.07, 6.45) is 0. The first-order valence-corrected chi connectivity index (χ1v) is 7.44. The standard InChI is InChI=1S/C17H16ClFN2O3/c1-21(2)16(22)10-24-13-5-3-4-11(8-13)17(23)20-12-6-7-14(18)15(19)9-12/h3-9H,10H2,1-2H3,(H,20,23). The Hall–Kier alpha value is -2.60. The van der Waals surface area contributed by atoms with E-state index in [4.69, 9.17) is 16.3 Å². The maximum absolute atomic E-state index is 13.4. The topological polar surface area (TPSA) is 58.6 Å². The molecule has 2 rings (SSSR count). The summed E-state index contributed by atoms with van der Waals surface area (Å²) in [5.41, 5.74) is 0.608. The fraction of sp³-hybridized carbons (Fsp3) is 0.176. The van der Waals surface area contributed by atoms with Crippen molar-refractivity contribution in [3.8, 4) is 5.75 Å². The van der Waals surface area contributed by atoms with Crippen LogP contribution in [-0.4, -0.2) is 37.4 Å². The molecule has 0 heterocycles. The molecule has 0 saturated carbocycles. The van der Waals surface area contributed by atoms with Gasteiger partial charge in [-0.05, 0) is 36.4 Å². The zero-order valence-electron chi connectivity index (χ0n) is 13.2. The number of benzene rings is 2. The van der Waals surface area contributed by atoms with Crippen molar-refractivity contribution in [1.29, 1.82) is 0 Å². The average Bonchev–Trinajstić information content (AvgIpc) is 2.56. The van der Waals surface area contributed by atoms with E-state index in [1.54, 1.807) is 32.3 Å². The Morgan fingerprint density at radius 1 is 1.21 bits per heavy atom. The highest BCUT2D eigenvalue weighted by atomic mass is 35.5. The fourth-order valence-corrected chi connectivity index (χ4v) is 1.90. The van der Waals surface area contributed by atoms with Crippen LogP contribution in [0.25, 0.3) is 0 Å². The molecule has 0 spiro atoms. The van der Waals surface area contributed by atoms with Gasteiger partial charge in [0, 0.05) is 25.3 Å². The van der Waals surface area contributed by atoms with Crippen LogP contribution in [0.4, 0.5) is 10.1 Å². The highest BCUT2D eigenvalue weighted by molar-refractivity contribution is 6.30. The Kier molecular flexibility index (Phi) is 5.76. The lowest BCUT2D eigenvalue weighted by molar-refractivity contribution is -0.130. The number of anilines is 1. The van der Waals surface area contributed by atoms with E-state index >= 15 is 0 Å². The molecule has 0 aromatic heterocycles. The third kappa shape index (κ3) is 4.70. The number of carbonyl (C=O) groups excluding carboxylic acids is 2. The van der Waals surface area contributed by atoms with E-state index in [1.807, 2.05) is 0 Å². The van der Waals surface area contributed by atoms with E-state index in [0.717, 1.165) is 6.07 Å². The molecular formula is C17H16ClFN2O3. The molecule has 7 heteroatoms. The summed E-state index contributed by atoms with van der Waals surface area (Å²) in [6, 6.07) is 10.4. The molecular weight excluding hydrogens is 335 g/mol. The van der Waals surface area contributed by atoms with E-state index in [1.165, 1.54) is 23.1 Å². The molecule has 1 N–H and O–H groups in total. The largest absolute Gasteiger partial charge is 0.484 e. The summed E-state index contributed by atoms with van der Waals surface area (Å²) in [4.78, 5) is 25.1. The molecule has 0 aliphatic heterocycles. The first kappa shape index (κ1) is 17.7. The molecule has 2 aromatic rings. The normalized spacial score (nSPS) is 10.2. The van der Waals surface area contributed by atoms with Gasteiger partial charge in [-0.2, -0.15) is 0 Å². The van der Waals surface area contributed by atoms with Gasteiger partial charge in [0.05, 0.1) is 5.02 Å². The van der Waals surface area contributed by atoms with Crippen LogP contribution >= 0.6 is 11.6 Å². The number of nitrogens with one attached hydrogen (secondary N) is 1. The van der Waals surface area contributed by atoms with Gasteiger partial charge in [0.15, 0.2) is 6.61 Å². The predicted molar refractivity (Wildman–Crippen MR) is 90.0 cm³/mol. The average molecular weight is 351 g/mol. The SMILES string of the molecule is CN(C)C(=O)COc1cccc(C(=O)Nc2ccc(Cl)c(F)c2)c1. The van der Waals surface area contributed by atoms with Gasteiger partial charge < -0.3 is 15.0 Å². The van der Waals surface area contributed by atoms with Gasteiger partial charge in [0.25, 0.3) is 11.8 Å². The summed E-state index contributed by atoms with van der Waals surface area (Å²) >= 11 is 5.60. The molecule has 0 radical (unpaired) electrons. The van der Waals surface area contributed by atoms with Crippen molar-refractivity contribution in [1.82, 2.24) is 4.90 Å². The fourth-order valence-electron chi connectivity index (χ4n) is 1.78. The summed E-state index contributed by atoms with van der Waals surface area (Å²) in [7, 11) is 3.25. The van der Waals surface area contributed by atoms with Crippen LogP contribution in [-0.2, 0) is 4.79 Å². The second kappa shape index (κ2) is 7.79. The Morgan fingerprint density at radius 2 is 1.96 bits per heavy atom. The predicted octanol–water partition coefficient (Wildman–Crippen LogP) is 3.20. The van der Waals surface area contributed by atoms with Crippen LogP contribution in [0, 0.1) is 5.82 Å². The molecule has 0 atom stereocenters. The zero-order chi connectivity index (χ0) is 17.7. The van der Waals surface area contributed by atoms with Gasteiger partial charge in [-0.15, -0.1) is 0 Å². The van der Waals surface area contributed by atoms with Crippen molar-refractivity contribution in [2.75, 3.05) is 26.0 Å². The van der Waals surface area contributed by atoms with Gasteiger partial charge >= 0.3 is 0 Å². The van der Waals surface area contributed by atoms with Crippen LogP contribution in [0.15, 0.2) is 42.5 Å². The van der Waals surface area contributed by atoms with Gasteiger partial charge in [-0.1, -0.05) is 17.7 Å². The number of amides is 2. The van der Waals surface area contributed by atoms with Crippen molar-refractivity contribution < 1.29 is 18.7 Å². The lowest BCUT2D eigenvalue weighted by Crippen LogP contribution is -2.27. The van der Waals surface area contributed by atoms with Gasteiger partial charge in [-0.25, -0.2) is 4.39 Å². The van der Waals surface area contributed by atoms with Crippen molar-refractivity contribution >= 4 is 29.1 Å². The molecule has 0 bridgehead atoms. The minimum absolute atomic E-state index is 0.0195. The smallest absolute Gasteiger partial charge is 0.259 e. The van der Waals surface area contributed by atoms with Crippen LogP contribution < -0.4 is 10.1 Å². The maximum atomic E-state index is 13.4. The number of hydrogen-bond donors (Lipinski definition) is 1. The zero-order valence-corrected chi connectivity index (χ0v) is 13.9. The van der Waals surface area contributed by atoms with Crippen molar-refractivity contribution in [3.05, 3.63) is 58.9 Å². The quantitative estimate of drug-likeness (QED) is 0.900. The monoisotopic (exact) mass is 350 g/mol. The van der Waals surface area contributed by atoms with E-state index in [0.29, 0.717) is 11.3 Å². The van der Waals surface area contributed by atoms with Gasteiger partial charge in [0.2, 0.25) is 0 Å². The van der Waals surface area contributed by atoms with E-state index in [9.17, 15) is 14.0 Å². The number of rotatable bonds is 5. The number of carbonyl (C=O) groups is 2. The second-order valence-electron chi connectivity index (χ2n) is 5.19. The summed E-state index contributed by atoms with van der Waals surface area (Å²) in [5.74, 6) is -0.850. The third-order valence-electron chi connectivity index (χ3n) is 3.13. The minimum atomic E-state index is -0.617. The molecule has 0 unspecified atom stereocenters. The molecule has 126 valence electrons. The summed E-state index contributed by atoms with van der Waals surface area (Å²) < 4.78 is 18.8. The highest BCUT2D eigenvalue weighted by Crippen LogP contribution is 2.20. The molecule has 2 aromatic carbocycles. The summed E-state index contributed by atoms with van der Waals surface area (Å²) in [6.45, 7) is -0.125. The number of nitrogens with zero attached hydrogens (tertiary/aromatic N) is 1. The van der Waals surface area contributed by atoms with E-state index in [-0.39, 0.29) is 23.2 Å². The molecule has 2 amide bonds. The Morgan fingerprint density at radius 3 is 2.62 bits per heavy atom. The van der Waals surface area contributed by atoms with Crippen molar-refractivity contribution in [2.24, 2.45) is 0 Å². The van der Waals surface area contributed by atoms with E-state index in [2.05, 4.69) is 5.32 Å². The highest BCUT2D eigenvalue weighted by Gasteiger charge is 2.10. The van der Waals surface area contributed by atoms with E-state index < -0.39 is 11.7 Å². The number of ether oxygens (including phenoxy) is 1. The molecule has 24 heavy (non-hydrogen) atoms. The van der Waals surface area contributed by atoms with Crippen LogP contribution in [0.2, 0.25) is 5.02 Å². The van der Waals surface area contributed by atoms with Crippen molar-refractivity contribution in [2.45, 2.75) is 0 Å². The molecule has 0 aliphatic rings. The molecule has 5 nitrogen and oxygen atoms in total. The Balaban J connectivity index is 2.05. The van der Waals surface area contributed by atoms with Gasteiger partial charge in [0.1, 0.15) is 11.6 Å². The Bertz CT molecular complexity index is 765. The number of halogens is 2. The van der Waals surface area contributed by atoms with Gasteiger partial charge in [-0.3, -0.25) is 9.59 Å².